The first-order valence-electron chi connectivity index (χ1n) is 15.8. The van der Waals surface area contributed by atoms with Crippen molar-refractivity contribution in [2.45, 2.75) is 154 Å². The molecule has 38 heavy (non-hydrogen) atoms. The van der Waals surface area contributed by atoms with E-state index in [9.17, 15) is 13.0 Å². The van der Waals surface area contributed by atoms with Crippen molar-refractivity contribution in [1.82, 2.24) is 5.32 Å². The summed E-state index contributed by atoms with van der Waals surface area (Å²) >= 11 is 0. The number of nitrogens with zero attached hydrogens (tertiary/aromatic N) is 1. The molecule has 0 bridgehead atoms. The van der Waals surface area contributed by atoms with Crippen LogP contribution in [0, 0.1) is 0 Å². The standard InChI is InChI=1S/C18H30O3S.C14H28N2/c1-2-3-4-5-6-7-8-9-10-11-14-17-15-12-13-16-18(17)22(19,20)21;1-2-3-4-5-6-7-8-9-10-11-14-15-12-13-16-14/h12-13,15-16H,2-11,14H2,1H3,(H,19,20,21);2-13H2,1H3,(H,15,16). The number of aryl methyl sites for hydroxylation is 1. The molecule has 2 rings (SSSR count). The third-order valence-electron chi connectivity index (χ3n) is 7.31. The molecule has 6 heteroatoms. The lowest BCUT2D eigenvalue weighted by Crippen LogP contribution is -2.17. The predicted molar refractivity (Wildman–Crippen MR) is 164 cm³/mol. The third kappa shape index (κ3) is 18.8. The Kier molecular flexibility index (Phi) is 21.4. The van der Waals surface area contributed by atoms with E-state index in [1.165, 1.54) is 127 Å². The molecule has 0 radical (unpaired) electrons. The van der Waals surface area contributed by atoms with Crippen LogP contribution in [0.2, 0.25) is 0 Å². The van der Waals surface area contributed by atoms with Gasteiger partial charge in [0.15, 0.2) is 0 Å². The molecule has 5 nitrogen and oxygen atoms in total. The van der Waals surface area contributed by atoms with E-state index in [-0.39, 0.29) is 4.90 Å². The van der Waals surface area contributed by atoms with Crippen molar-refractivity contribution in [3.05, 3.63) is 29.8 Å². The molecule has 1 aliphatic heterocycles. The Bertz CT molecular complexity index is 824. The van der Waals surface area contributed by atoms with E-state index in [1.54, 1.807) is 12.1 Å². The number of hydrogen-bond acceptors (Lipinski definition) is 4. The summed E-state index contributed by atoms with van der Waals surface area (Å²) in [6, 6.07) is 6.73. The first kappa shape index (κ1) is 34.6. The van der Waals surface area contributed by atoms with E-state index in [0.717, 1.165) is 31.5 Å². The van der Waals surface area contributed by atoms with Crippen LogP contribution in [0.5, 0.6) is 0 Å². The minimum absolute atomic E-state index is 0.0610. The molecular weight excluding hydrogens is 492 g/mol. The quantitative estimate of drug-likeness (QED) is 0.111. The lowest BCUT2D eigenvalue weighted by molar-refractivity contribution is 0.481. The summed E-state index contributed by atoms with van der Waals surface area (Å²) in [5.74, 6) is 1.25. The van der Waals surface area contributed by atoms with Gasteiger partial charge in [-0.25, -0.2) is 0 Å². The smallest absolute Gasteiger partial charge is 0.294 e. The van der Waals surface area contributed by atoms with E-state index in [0.29, 0.717) is 6.42 Å². The van der Waals surface area contributed by atoms with Gasteiger partial charge >= 0.3 is 0 Å². The molecule has 0 aromatic heterocycles. The van der Waals surface area contributed by atoms with Crippen LogP contribution >= 0.6 is 0 Å². The Morgan fingerprint density at radius 3 is 1.58 bits per heavy atom. The van der Waals surface area contributed by atoms with Crippen molar-refractivity contribution in [3.63, 3.8) is 0 Å². The normalized spacial score (nSPS) is 13.1. The van der Waals surface area contributed by atoms with Crippen LogP contribution in [0.4, 0.5) is 0 Å². The number of benzene rings is 1. The number of hydrogen-bond donors (Lipinski definition) is 2. The molecule has 0 fully saturated rings. The first-order valence-corrected chi connectivity index (χ1v) is 17.3. The molecule has 2 N–H and O–H groups in total. The van der Waals surface area contributed by atoms with Gasteiger partial charge in [-0.05, 0) is 30.9 Å². The summed E-state index contributed by atoms with van der Waals surface area (Å²) in [4.78, 5) is 4.47. The first-order chi connectivity index (χ1) is 18.5. The van der Waals surface area contributed by atoms with Gasteiger partial charge in [-0.1, -0.05) is 141 Å². The van der Waals surface area contributed by atoms with Crippen molar-refractivity contribution < 1.29 is 13.0 Å². The molecular formula is C32H58N2O3S. The lowest BCUT2D eigenvalue weighted by atomic mass is 10.0. The van der Waals surface area contributed by atoms with Crippen LogP contribution in [0.3, 0.4) is 0 Å². The average Bonchev–Trinajstić information content (AvgIpc) is 3.42. The zero-order chi connectivity index (χ0) is 27.7. The Hall–Kier alpha value is -1.40. The van der Waals surface area contributed by atoms with Crippen molar-refractivity contribution in [1.29, 1.82) is 0 Å². The zero-order valence-corrected chi connectivity index (χ0v) is 25.5. The highest BCUT2D eigenvalue weighted by molar-refractivity contribution is 7.85. The molecule has 0 saturated carbocycles. The fourth-order valence-corrected chi connectivity index (χ4v) is 5.73. The largest absolute Gasteiger partial charge is 0.372 e. The van der Waals surface area contributed by atoms with E-state index >= 15 is 0 Å². The molecule has 0 amide bonds. The lowest BCUT2D eigenvalue weighted by Gasteiger charge is -2.07. The predicted octanol–water partition coefficient (Wildman–Crippen LogP) is 9.31. The van der Waals surface area contributed by atoms with Crippen LogP contribution in [0.25, 0.3) is 0 Å². The Balaban J connectivity index is 0.000000399. The Labute approximate surface area is 235 Å². The second-order valence-electron chi connectivity index (χ2n) is 10.8. The molecule has 0 saturated heterocycles. The topological polar surface area (TPSA) is 78.8 Å². The maximum Gasteiger partial charge on any atom is 0.294 e. The summed E-state index contributed by atoms with van der Waals surface area (Å²) < 4.78 is 31.8. The van der Waals surface area contributed by atoms with Crippen LogP contribution < -0.4 is 5.32 Å². The SMILES string of the molecule is CCCCCCCCCCCC1=NCCN1.CCCCCCCCCCCCc1ccccc1S(=O)(=O)O. The van der Waals surface area contributed by atoms with Crippen LogP contribution in [0.1, 0.15) is 148 Å². The van der Waals surface area contributed by atoms with Gasteiger partial charge in [0, 0.05) is 13.0 Å². The van der Waals surface area contributed by atoms with Crippen molar-refractivity contribution in [2.24, 2.45) is 4.99 Å². The van der Waals surface area contributed by atoms with Gasteiger partial charge in [0.05, 0.1) is 17.3 Å². The molecule has 0 unspecified atom stereocenters. The van der Waals surface area contributed by atoms with E-state index < -0.39 is 10.1 Å². The maximum absolute atomic E-state index is 11.3. The molecule has 0 spiro atoms. The van der Waals surface area contributed by atoms with Crippen LogP contribution in [-0.2, 0) is 16.5 Å². The second kappa shape index (κ2) is 23.5. The number of unbranched alkanes of at least 4 members (excludes halogenated alkanes) is 17. The molecule has 1 aromatic rings. The van der Waals surface area contributed by atoms with Gasteiger partial charge in [-0.15, -0.1) is 0 Å². The number of nitrogens with one attached hydrogen (secondary N) is 1. The maximum atomic E-state index is 11.3. The highest BCUT2D eigenvalue weighted by atomic mass is 32.2. The summed E-state index contributed by atoms with van der Waals surface area (Å²) in [7, 11) is -4.10. The number of amidine groups is 1. The number of aliphatic imine (C=N–C) groups is 1. The van der Waals surface area contributed by atoms with Gasteiger partial charge in [0.2, 0.25) is 0 Å². The van der Waals surface area contributed by atoms with E-state index in [4.69, 9.17) is 0 Å². The Morgan fingerprint density at radius 1 is 0.684 bits per heavy atom. The molecule has 1 heterocycles. The highest BCUT2D eigenvalue weighted by Crippen LogP contribution is 2.18. The minimum Gasteiger partial charge on any atom is -0.372 e. The fourth-order valence-electron chi connectivity index (χ4n) is 4.98. The van der Waals surface area contributed by atoms with Crippen molar-refractivity contribution in [2.75, 3.05) is 13.1 Å². The fraction of sp³-hybridized carbons (Fsp3) is 0.781. The summed E-state index contributed by atoms with van der Waals surface area (Å²) in [5, 5.41) is 3.33. The van der Waals surface area contributed by atoms with Gasteiger partial charge in [0.25, 0.3) is 10.1 Å². The molecule has 1 aliphatic rings. The summed E-state index contributed by atoms with van der Waals surface area (Å²) in [5.41, 5.74) is 0.726. The molecule has 0 atom stereocenters. The van der Waals surface area contributed by atoms with Gasteiger partial charge in [0.1, 0.15) is 0 Å². The zero-order valence-electron chi connectivity index (χ0n) is 24.7. The average molecular weight is 551 g/mol. The summed E-state index contributed by atoms with van der Waals surface area (Å²) in [6.45, 7) is 6.57. The Morgan fingerprint density at radius 2 is 1.13 bits per heavy atom. The van der Waals surface area contributed by atoms with Gasteiger partial charge in [-0.2, -0.15) is 8.42 Å². The van der Waals surface area contributed by atoms with E-state index in [2.05, 4.69) is 24.2 Å². The van der Waals surface area contributed by atoms with Crippen LogP contribution in [0.15, 0.2) is 34.2 Å². The van der Waals surface area contributed by atoms with Crippen molar-refractivity contribution >= 4 is 16.0 Å². The minimum atomic E-state index is -4.10. The molecule has 220 valence electrons. The second-order valence-corrected chi connectivity index (χ2v) is 12.2. The highest BCUT2D eigenvalue weighted by Gasteiger charge is 2.13. The summed E-state index contributed by atoms with van der Waals surface area (Å²) in [6.07, 6.45) is 27.2. The van der Waals surface area contributed by atoms with Crippen LogP contribution in [-0.4, -0.2) is 31.9 Å². The molecule has 0 aliphatic carbocycles. The number of rotatable bonds is 22. The van der Waals surface area contributed by atoms with Gasteiger partial charge in [-0.3, -0.25) is 9.55 Å². The van der Waals surface area contributed by atoms with E-state index in [1.807, 2.05) is 6.07 Å². The van der Waals surface area contributed by atoms with Gasteiger partial charge < -0.3 is 5.32 Å². The monoisotopic (exact) mass is 550 g/mol. The molecule has 1 aromatic carbocycles. The third-order valence-corrected chi connectivity index (χ3v) is 8.26. The van der Waals surface area contributed by atoms with Crippen molar-refractivity contribution in [3.8, 4) is 0 Å².